The van der Waals surface area contributed by atoms with Crippen molar-refractivity contribution in [3.8, 4) is 0 Å². The number of benzene rings is 1. The molecule has 0 aliphatic heterocycles. The molecule has 0 saturated carbocycles. The Morgan fingerprint density at radius 3 is 2.14 bits per heavy atom. The summed E-state index contributed by atoms with van der Waals surface area (Å²) >= 11 is 11.8. The van der Waals surface area contributed by atoms with Crippen molar-refractivity contribution >= 4 is 23.2 Å². The highest BCUT2D eigenvalue weighted by Crippen LogP contribution is 2.25. The highest BCUT2D eigenvalue weighted by Gasteiger charge is 2.15. The number of hydrogen-bond donors (Lipinski definition) is 2. The van der Waals surface area contributed by atoms with Gasteiger partial charge in [0.25, 0.3) is 0 Å². The van der Waals surface area contributed by atoms with E-state index in [0.717, 1.165) is 0 Å². The SMILES string of the molecule is CC(O)C(O)Cc1c(Cl)cccc1Cl. The smallest absolute Gasteiger partial charge is 0.0837 e. The van der Waals surface area contributed by atoms with Gasteiger partial charge in [-0.25, -0.2) is 0 Å². The molecule has 2 N–H and O–H groups in total. The van der Waals surface area contributed by atoms with Crippen molar-refractivity contribution < 1.29 is 10.2 Å². The molecule has 2 atom stereocenters. The normalized spacial score (nSPS) is 15.2. The van der Waals surface area contributed by atoms with E-state index in [4.69, 9.17) is 28.3 Å². The fourth-order valence-electron chi connectivity index (χ4n) is 1.11. The molecular weight excluding hydrogens is 223 g/mol. The van der Waals surface area contributed by atoms with Gasteiger partial charge in [-0.05, 0) is 24.6 Å². The predicted octanol–water partition coefficient (Wildman–Crippen LogP) is 2.28. The Morgan fingerprint density at radius 1 is 1.21 bits per heavy atom. The Kier molecular flexibility index (Phi) is 4.20. The molecule has 14 heavy (non-hydrogen) atoms. The zero-order chi connectivity index (χ0) is 10.7. The van der Waals surface area contributed by atoms with Gasteiger partial charge in [0.2, 0.25) is 0 Å². The van der Waals surface area contributed by atoms with Crippen molar-refractivity contribution in [3.05, 3.63) is 33.8 Å². The highest BCUT2D eigenvalue weighted by atomic mass is 35.5. The highest BCUT2D eigenvalue weighted by molar-refractivity contribution is 6.35. The van der Waals surface area contributed by atoms with Crippen LogP contribution in [-0.2, 0) is 6.42 Å². The van der Waals surface area contributed by atoms with E-state index < -0.39 is 12.2 Å². The Bertz CT molecular complexity index is 293. The van der Waals surface area contributed by atoms with Crippen molar-refractivity contribution in [2.75, 3.05) is 0 Å². The fraction of sp³-hybridized carbons (Fsp3) is 0.400. The molecule has 2 unspecified atom stereocenters. The summed E-state index contributed by atoms with van der Waals surface area (Å²) in [5.74, 6) is 0. The van der Waals surface area contributed by atoms with Crippen LogP contribution >= 0.6 is 23.2 Å². The molecule has 0 amide bonds. The molecule has 0 radical (unpaired) electrons. The minimum Gasteiger partial charge on any atom is -0.391 e. The Morgan fingerprint density at radius 2 is 1.71 bits per heavy atom. The van der Waals surface area contributed by atoms with Crippen LogP contribution in [0.15, 0.2) is 18.2 Å². The molecule has 0 saturated heterocycles. The Labute approximate surface area is 93.1 Å². The molecule has 0 aliphatic rings. The second kappa shape index (κ2) is 4.99. The van der Waals surface area contributed by atoms with E-state index in [1.165, 1.54) is 6.92 Å². The maximum atomic E-state index is 9.46. The summed E-state index contributed by atoms with van der Waals surface area (Å²) < 4.78 is 0. The lowest BCUT2D eigenvalue weighted by molar-refractivity contribution is 0.0320. The quantitative estimate of drug-likeness (QED) is 0.843. The van der Waals surface area contributed by atoms with Crippen molar-refractivity contribution in [2.24, 2.45) is 0 Å². The first kappa shape index (κ1) is 11.8. The maximum Gasteiger partial charge on any atom is 0.0837 e. The average molecular weight is 235 g/mol. The summed E-state index contributed by atoms with van der Waals surface area (Å²) in [6, 6.07) is 5.15. The summed E-state index contributed by atoms with van der Waals surface area (Å²) in [5, 5.41) is 19.6. The van der Waals surface area contributed by atoms with Crippen LogP contribution in [0.2, 0.25) is 10.0 Å². The minimum absolute atomic E-state index is 0.260. The minimum atomic E-state index is -0.840. The summed E-state index contributed by atoms with van der Waals surface area (Å²) in [7, 11) is 0. The predicted molar refractivity (Wildman–Crippen MR) is 57.9 cm³/mol. The fourth-order valence-corrected chi connectivity index (χ4v) is 1.66. The van der Waals surface area contributed by atoms with Gasteiger partial charge in [0.15, 0.2) is 0 Å². The van der Waals surface area contributed by atoms with Crippen LogP contribution in [0.1, 0.15) is 12.5 Å². The molecule has 78 valence electrons. The second-order valence-electron chi connectivity index (χ2n) is 3.21. The van der Waals surface area contributed by atoms with Crippen LogP contribution in [0, 0.1) is 0 Å². The van der Waals surface area contributed by atoms with Gasteiger partial charge in [-0.3, -0.25) is 0 Å². The van der Waals surface area contributed by atoms with Crippen LogP contribution in [-0.4, -0.2) is 22.4 Å². The molecule has 2 nitrogen and oxygen atoms in total. The Balaban J connectivity index is 2.85. The van der Waals surface area contributed by atoms with E-state index in [2.05, 4.69) is 0 Å². The van der Waals surface area contributed by atoms with Gasteiger partial charge in [-0.15, -0.1) is 0 Å². The van der Waals surface area contributed by atoms with E-state index in [1.807, 2.05) is 0 Å². The van der Waals surface area contributed by atoms with E-state index >= 15 is 0 Å². The van der Waals surface area contributed by atoms with Gasteiger partial charge >= 0.3 is 0 Å². The van der Waals surface area contributed by atoms with E-state index in [1.54, 1.807) is 18.2 Å². The third-order valence-corrected chi connectivity index (χ3v) is 2.74. The zero-order valence-electron chi connectivity index (χ0n) is 7.74. The second-order valence-corrected chi connectivity index (χ2v) is 4.03. The number of aliphatic hydroxyl groups excluding tert-OH is 2. The van der Waals surface area contributed by atoms with Gasteiger partial charge in [-0.2, -0.15) is 0 Å². The molecule has 1 aromatic carbocycles. The van der Waals surface area contributed by atoms with Crippen molar-refractivity contribution in [1.29, 1.82) is 0 Å². The van der Waals surface area contributed by atoms with E-state index in [-0.39, 0.29) is 6.42 Å². The lowest BCUT2D eigenvalue weighted by atomic mass is 10.0. The summed E-state index contributed by atoms with van der Waals surface area (Å²) in [6.45, 7) is 1.52. The molecular formula is C10H12Cl2O2. The summed E-state index contributed by atoms with van der Waals surface area (Å²) in [6.07, 6.45) is -1.37. The molecule has 0 aromatic heterocycles. The van der Waals surface area contributed by atoms with Crippen LogP contribution in [0.25, 0.3) is 0 Å². The van der Waals surface area contributed by atoms with E-state index in [0.29, 0.717) is 15.6 Å². The molecule has 0 fully saturated rings. The molecule has 0 bridgehead atoms. The van der Waals surface area contributed by atoms with Crippen LogP contribution in [0.5, 0.6) is 0 Å². The first-order valence-electron chi connectivity index (χ1n) is 4.31. The van der Waals surface area contributed by atoms with Gasteiger partial charge in [0.05, 0.1) is 12.2 Å². The van der Waals surface area contributed by atoms with Crippen molar-refractivity contribution in [2.45, 2.75) is 25.6 Å². The summed E-state index contributed by atoms with van der Waals surface area (Å²) in [5.41, 5.74) is 0.671. The van der Waals surface area contributed by atoms with Gasteiger partial charge in [-0.1, -0.05) is 29.3 Å². The molecule has 1 aromatic rings. The van der Waals surface area contributed by atoms with Crippen molar-refractivity contribution in [3.63, 3.8) is 0 Å². The average Bonchev–Trinajstić information content (AvgIpc) is 2.11. The van der Waals surface area contributed by atoms with Crippen LogP contribution in [0.3, 0.4) is 0 Å². The molecule has 1 rings (SSSR count). The molecule has 0 spiro atoms. The largest absolute Gasteiger partial charge is 0.391 e. The monoisotopic (exact) mass is 234 g/mol. The van der Waals surface area contributed by atoms with Gasteiger partial charge in [0.1, 0.15) is 0 Å². The van der Waals surface area contributed by atoms with Gasteiger partial charge in [0, 0.05) is 16.5 Å². The van der Waals surface area contributed by atoms with E-state index in [9.17, 15) is 5.11 Å². The first-order chi connectivity index (χ1) is 6.52. The van der Waals surface area contributed by atoms with Crippen molar-refractivity contribution in [1.82, 2.24) is 0 Å². The molecule has 0 aliphatic carbocycles. The molecule has 4 heteroatoms. The third kappa shape index (κ3) is 2.85. The lowest BCUT2D eigenvalue weighted by Crippen LogP contribution is -2.25. The van der Waals surface area contributed by atoms with Crippen LogP contribution in [0.4, 0.5) is 0 Å². The standard InChI is InChI=1S/C10H12Cl2O2/c1-6(13)10(14)5-7-8(11)3-2-4-9(7)12/h2-4,6,10,13-14H,5H2,1H3. The Hall–Kier alpha value is -0.280. The summed E-state index contributed by atoms with van der Waals surface area (Å²) in [4.78, 5) is 0. The topological polar surface area (TPSA) is 40.5 Å². The first-order valence-corrected chi connectivity index (χ1v) is 5.07. The molecule has 0 heterocycles. The number of halogens is 2. The third-order valence-electron chi connectivity index (χ3n) is 2.03. The number of aliphatic hydroxyl groups is 2. The number of hydrogen-bond acceptors (Lipinski definition) is 2. The maximum absolute atomic E-state index is 9.46. The lowest BCUT2D eigenvalue weighted by Gasteiger charge is -2.15. The van der Waals surface area contributed by atoms with Crippen LogP contribution < -0.4 is 0 Å². The zero-order valence-corrected chi connectivity index (χ0v) is 9.26. The number of rotatable bonds is 3. The van der Waals surface area contributed by atoms with Gasteiger partial charge < -0.3 is 10.2 Å².